The third-order valence-electron chi connectivity index (χ3n) is 3.94. The summed E-state index contributed by atoms with van der Waals surface area (Å²) >= 11 is 0. The molecule has 3 rings (SSSR count). The standard InChI is InChI=1S/C18H18N2O.C2H6/c1-13(20-21)14-7-9-16(10-8-14)18-12-11-17(19-18)15-5-3-2-4-6-15;1-2/h2-10,18,21H,11-12H2,1H3;1-2H3/b20-13+;. The zero-order valence-corrected chi connectivity index (χ0v) is 14.0. The summed E-state index contributed by atoms with van der Waals surface area (Å²) < 4.78 is 0. The first kappa shape index (κ1) is 16.9. The van der Waals surface area contributed by atoms with Crippen LogP contribution >= 0.6 is 0 Å². The Labute approximate surface area is 138 Å². The van der Waals surface area contributed by atoms with Crippen molar-refractivity contribution in [3.05, 3.63) is 71.3 Å². The molecule has 3 heteroatoms. The van der Waals surface area contributed by atoms with Crippen LogP contribution in [0.4, 0.5) is 0 Å². The molecule has 0 aromatic heterocycles. The van der Waals surface area contributed by atoms with Crippen LogP contribution in [0.3, 0.4) is 0 Å². The zero-order valence-electron chi connectivity index (χ0n) is 14.0. The molecule has 0 aliphatic carbocycles. The van der Waals surface area contributed by atoms with Crippen molar-refractivity contribution in [1.29, 1.82) is 0 Å². The average molecular weight is 308 g/mol. The number of aliphatic imine (C=N–C) groups is 1. The van der Waals surface area contributed by atoms with E-state index in [1.54, 1.807) is 6.92 Å². The molecule has 2 aromatic carbocycles. The topological polar surface area (TPSA) is 45.0 Å². The number of benzene rings is 2. The van der Waals surface area contributed by atoms with Gasteiger partial charge in [0, 0.05) is 5.71 Å². The van der Waals surface area contributed by atoms with Gasteiger partial charge in [-0.3, -0.25) is 4.99 Å². The van der Waals surface area contributed by atoms with Gasteiger partial charge in [-0.1, -0.05) is 73.6 Å². The lowest BCUT2D eigenvalue weighted by atomic mass is 10.0. The molecule has 1 aliphatic rings. The molecule has 1 N–H and O–H groups in total. The minimum atomic E-state index is 0.237. The first-order valence-corrected chi connectivity index (χ1v) is 8.19. The molecule has 1 heterocycles. The fourth-order valence-electron chi connectivity index (χ4n) is 2.69. The minimum Gasteiger partial charge on any atom is -0.411 e. The zero-order chi connectivity index (χ0) is 16.7. The third kappa shape index (κ3) is 4.07. The summed E-state index contributed by atoms with van der Waals surface area (Å²) in [5.41, 5.74) is 5.20. The molecule has 120 valence electrons. The van der Waals surface area contributed by atoms with Crippen molar-refractivity contribution in [3.63, 3.8) is 0 Å². The largest absolute Gasteiger partial charge is 0.411 e. The van der Waals surface area contributed by atoms with E-state index >= 15 is 0 Å². The normalized spacial score (nSPS) is 17.3. The van der Waals surface area contributed by atoms with Gasteiger partial charge in [-0.05, 0) is 36.5 Å². The van der Waals surface area contributed by atoms with Gasteiger partial charge in [0.05, 0.1) is 11.8 Å². The lowest BCUT2D eigenvalue weighted by Gasteiger charge is -2.07. The maximum Gasteiger partial charge on any atom is 0.0836 e. The second kappa shape index (κ2) is 8.28. The molecule has 0 saturated heterocycles. The highest BCUT2D eigenvalue weighted by atomic mass is 16.4. The highest BCUT2D eigenvalue weighted by Crippen LogP contribution is 2.31. The van der Waals surface area contributed by atoms with Crippen molar-refractivity contribution in [2.24, 2.45) is 10.1 Å². The molecule has 1 unspecified atom stereocenters. The van der Waals surface area contributed by atoms with Crippen molar-refractivity contribution in [3.8, 4) is 0 Å². The number of hydrogen-bond acceptors (Lipinski definition) is 3. The summed E-state index contributed by atoms with van der Waals surface area (Å²) in [6.45, 7) is 5.79. The predicted molar refractivity (Wildman–Crippen MR) is 96.7 cm³/mol. The van der Waals surface area contributed by atoms with Gasteiger partial charge in [0.25, 0.3) is 0 Å². The Morgan fingerprint density at radius 3 is 2.30 bits per heavy atom. The van der Waals surface area contributed by atoms with Crippen LogP contribution in [0.1, 0.15) is 56.3 Å². The van der Waals surface area contributed by atoms with Crippen LogP contribution in [0.25, 0.3) is 0 Å². The van der Waals surface area contributed by atoms with Gasteiger partial charge in [-0.25, -0.2) is 0 Å². The Morgan fingerprint density at radius 1 is 1.04 bits per heavy atom. The lowest BCUT2D eigenvalue weighted by molar-refractivity contribution is 0.319. The van der Waals surface area contributed by atoms with Crippen LogP contribution in [-0.4, -0.2) is 16.6 Å². The van der Waals surface area contributed by atoms with E-state index in [1.807, 2.05) is 32.0 Å². The summed E-state index contributed by atoms with van der Waals surface area (Å²) in [6, 6.07) is 18.7. The monoisotopic (exact) mass is 308 g/mol. The second-order valence-electron chi connectivity index (χ2n) is 5.30. The fraction of sp³-hybridized carbons (Fsp3) is 0.300. The minimum absolute atomic E-state index is 0.237. The highest BCUT2D eigenvalue weighted by Gasteiger charge is 2.19. The SMILES string of the molecule is C/C(=N\O)c1ccc(C2CCC(c3ccccc3)=N2)cc1.CC. The first-order chi connectivity index (χ1) is 11.3. The average Bonchev–Trinajstić information content (AvgIpc) is 3.14. The van der Waals surface area contributed by atoms with Crippen molar-refractivity contribution >= 4 is 11.4 Å². The molecule has 0 spiro atoms. The maximum atomic E-state index is 8.80. The molecule has 1 aliphatic heterocycles. The number of rotatable bonds is 3. The van der Waals surface area contributed by atoms with E-state index in [0.717, 1.165) is 18.4 Å². The quantitative estimate of drug-likeness (QED) is 0.470. The van der Waals surface area contributed by atoms with Crippen LogP contribution in [0.5, 0.6) is 0 Å². The maximum absolute atomic E-state index is 8.80. The molecule has 0 fully saturated rings. The lowest BCUT2D eigenvalue weighted by Crippen LogP contribution is -1.96. The summed E-state index contributed by atoms with van der Waals surface area (Å²) in [7, 11) is 0. The van der Waals surface area contributed by atoms with Crippen molar-refractivity contribution < 1.29 is 5.21 Å². The Balaban J connectivity index is 0.000000924. The van der Waals surface area contributed by atoms with Crippen molar-refractivity contribution in [2.75, 3.05) is 0 Å². The van der Waals surface area contributed by atoms with Crippen LogP contribution < -0.4 is 0 Å². The van der Waals surface area contributed by atoms with Gasteiger partial charge in [-0.15, -0.1) is 0 Å². The molecule has 1 atom stereocenters. The summed E-state index contributed by atoms with van der Waals surface area (Å²) in [5.74, 6) is 0. The van der Waals surface area contributed by atoms with Gasteiger partial charge >= 0.3 is 0 Å². The van der Waals surface area contributed by atoms with Gasteiger partial charge in [0.1, 0.15) is 0 Å². The van der Waals surface area contributed by atoms with E-state index in [0.29, 0.717) is 5.71 Å². The fourth-order valence-corrected chi connectivity index (χ4v) is 2.69. The number of nitrogens with zero attached hydrogens (tertiary/aromatic N) is 2. The molecule has 0 amide bonds. The van der Waals surface area contributed by atoms with Gasteiger partial charge in [-0.2, -0.15) is 0 Å². The third-order valence-corrected chi connectivity index (χ3v) is 3.94. The van der Waals surface area contributed by atoms with Crippen LogP contribution in [0.2, 0.25) is 0 Å². The predicted octanol–water partition coefficient (Wildman–Crippen LogP) is 5.24. The molecule has 23 heavy (non-hydrogen) atoms. The Bertz CT molecular complexity index is 673. The first-order valence-electron chi connectivity index (χ1n) is 8.19. The smallest absolute Gasteiger partial charge is 0.0836 e. The molecule has 0 bridgehead atoms. The van der Waals surface area contributed by atoms with Gasteiger partial charge < -0.3 is 5.21 Å². The van der Waals surface area contributed by atoms with E-state index < -0.39 is 0 Å². The van der Waals surface area contributed by atoms with Crippen LogP contribution in [0.15, 0.2) is 64.7 Å². The summed E-state index contributed by atoms with van der Waals surface area (Å²) in [4.78, 5) is 4.86. The molecule has 0 saturated carbocycles. The van der Waals surface area contributed by atoms with Crippen molar-refractivity contribution in [2.45, 2.75) is 39.7 Å². The molecule has 3 nitrogen and oxygen atoms in total. The van der Waals surface area contributed by atoms with E-state index in [9.17, 15) is 0 Å². The molecular weight excluding hydrogens is 284 g/mol. The molecule has 0 radical (unpaired) electrons. The van der Waals surface area contributed by atoms with E-state index in [1.165, 1.54) is 16.8 Å². The van der Waals surface area contributed by atoms with Gasteiger partial charge in [0.15, 0.2) is 0 Å². The number of oxime groups is 1. The van der Waals surface area contributed by atoms with E-state index in [2.05, 4.69) is 41.6 Å². The summed E-state index contributed by atoms with van der Waals surface area (Å²) in [6.07, 6.45) is 2.07. The van der Waals surface area contributed by atoms with Crippen LogP contribution in [-0.2, 0) is 0 Å². The Morgan fingerprint density at radius 2 is 1.70 bits per heavy atom. The highest BCUT2D eigenvalue weighted by molar-refractivity contribution is 6.01. The molecular formula is C20H24N2O. The van der Waals surface area contributed by atoms with Crippen molar-refractivity contribution in [1.82, 2.24) is 0 Å². The van der Waals surface area contributed by atoms with E-state index in [-0.39, 0.29) is 6.04 Å². The Kier molecular flexibility index (Phi) is 6.10. The summed E-state index contributed by atoms with van der Waals surface area (Å²) in [5, 5.41) is 12.0. The number of hydrogen-bond donors (Lipinski definition) is 1. The molecule has 2 aromatic rings. The van der Waals surface area contributed by atoms with Gasteiger partial charge in [0.2, 0.25) is 0 Å². The second-order valence-corrected chi connectivity index (χ2v) is 5.30. The van der Waals surface area contributed by atoms with Crippen LogP contribution in [0, 0.1) is 0 Å². The van der Waals surface area contributed by atoms with E-state index in [4.69, 9.17) is 10.2 Å². The Hall–Kier alpha value is -2.42.